The van der Waals surface area contributed by atoms with Gasteiger partial charge in [-0.1, -0.05) is 47.6 Å². The first-order chi connectivity index (χ1) is 10.1. The summed E-state index contributed by atoms with van der Waals surface area (Å²) < 4.78 is 5.03. The smallest absolute Gasteiger partial charge is 0.292 e. The maximum absolute atomic E-state index is 12.3. The van der Waals surface area contributed by atoms with Crippen molar-refractivity contribution in [3.05, 3.63) is 65.5 Å². The highest BCUT2D eigenvalue weighted by Gasteiger charge is 2.17. The quantitative estimate of drug-likeness (QED) is 0.738. The minimum Gasteiger partial charge on any atom is -0.351 e. The fourth-order valence-corrected chi connectivity index (χ4v) is 2.41. The summed E-state index contributed by atoms with van der Waals surface area (Å²) in [5.74, 6) is 0.110. The van der Waals surface area contributed by atoms with Crippen molar-refractivity contribution in [1.29, 1.82) is 0 Å². The lowest BCUT2D eigenvalue weighted by Gasteiger charge is -2.16. The van der Waals surface area contributed by atoms with E-state index in [0.29, 0.717) is 12.2 Å². The molecular weight excluding hydrogens is 264 g/mol. The zero-order valence-electron chi connectivity index (χ0n) is 12.0. The van der Waals surface area contributed by atoms with Gasteiger partial charge in [0.05, 0.1) is 5.69 Å². The molecule has 1 heterocycles. The van der Waals surface area contributed by atoms with Crippen LogP contribution in [0, 0.1) is 6.92 Å². The fourth-order valence-electron chi connectivity index (χ4n) is 2.41. The first-order valence-electron chi connectivity index (χ1n) is 6.80. The first kappa shape index (κ1) is 13.4. The molecule has 2 aromatic carbocycles. The molecule has 0 atom stereocenters. The average Bonchev–Trinajstić information content (AvgIpc) is 2.93. The molecule has 0 bridgehead atoms. The fraction of sp³-hybridized carbons (Fsp3) is 0.176. The highest BCUT2D eigenvalue weighted by Crippen LogP contribution is 2.20. The maximum Gasteiger partial charge on any atom is 0.292 e. The van der Waals surface area contributed by atoms with E-state index in [-0.39, 0.29) is 11.7 Å². The van der Waals surface area contributed by atoms with Crippen LogP contribution in [0.15, 0.2) is 53.1 Å². The molecule has 0 spiro atoms. The predicted molar refractivity (Wildman–Crippen MR) is 81.0 cm³/mol. The molecule has 4 nitrogen and oxygen atoms in total. The second kappa shape index (κ2) is 5.40. The lowest BCUT2D eigenvalue weighted by atomic mass is 10.0. The van der Waals surface area contributed by atoms with Crippen molar-refractivity contribution < 1.29 is 9.32 Å². The van der Waals surface area contributed by atoms with Gasteiger partial charge in [0.15, 0.2) is 0 Å². The molecule has 21 heavy (non-hydrogen) atoms. The molecule has 0 unspecified atom stereocenters. The Hall–Kier alpha value is -2.62. The average molecular weight is 280 g/mol. The van der Waals surface area contributed by atoms with Gasteiger partial charge in [-0.3, -0.25) is 4.79 Å². The highest BCUT2D eigenvalue weighted by molar-refractivity contribution is 5.92. The van der Waals surface area contributed by atoms with Crippen molar-refractivity contribution in [1.82, 2.24) is 10.1 Å². The summed E-state index contributed by atoms with van der Waals surface area (Å²) in [6, 6.07) is 15.9. The van der Waals surface area contributed by atoms with Crippen LogP contribution in [-0.2, 0) is 6.54 Å². The van der Waals surface area contributed by atoms with Crippen molar-refractivity contribution in [2.24, 2.45) is 0 Å². The van der Waals surface area contributed by atoms with Crippen LogP contribution in [-0.4, -0.2) is 23.0 Å². The van der Waals surface area contributed by atoms with Crippen LogP contribution < -0.4 is 0 Å². The molecular formula is C17H16N2O2. The second-order valence-corrected chi connectivity index (χ2v) is 5.13. The molecule has 4 heteroatoms. The van der Waals surface area contributed by atoms with E-state index in [1.165, 1.54) is 5.39 Å². The third-order valence-corrected chi connectivity index (χ3v) is 3.47. The van der Waals surface area contributed by atoms with Crippen molar-refractivity contribution in [2.45, 2.75) is 13.5 Å². The molecule has 0 saturated heterocycles. The van der Waals surface area contributed by atoms with Crippen LogP contribution in [0.25, 0.3) is 10.8 Å². The Morgan fingerprint density at radius 2 is 1.95 bits per heavy atom. The van der Waals surface area contributed by atoms with Gasteiger partial charge in [0.2, 0.25) is 5.76 Å². The largest absolute Gasteiger partial charge is 0.351 e. The topological polar surface area (TPSA) is 46.3 Å². The predicted octanol–water partition coefficient (Wildman–Crippen LogP) is 3.41. The number of hydrogen-bond acceptors (Lipinski definition) is 3. The second-order valence-electron chi connectivity index (χ2n) is 5.13. The molecule has 0 aliphatic rings. The number of aromatic nitrogens is 1. The summed E-state index contributed by atoms with van der Waals surface area (Å²) in [6.07, 6.45) is 0. The van der Waals surface area contributed by atoms with Gasteiger partial charge in [-0.05, 0) is 23.3 Å². The van der Waals surface area contributed by atoms with Gasteiger partial charge < -0.3 is 9.42 Å². The molecule has 0 aliphatic heterocycles. The monoisotopic (exact) mass is 280 g/mol. The van der Waals surface area contributed by atoms with Crippen LogP contribution in [0.5, 0.6) is 0 Å². The molecule has 0 saturated carbocycles. The van der Waals surface area contributed by atoms with Crippen molar-refractivity contribution >= 4 is 16.7 Å². The van der Waals surface area contributed by atoms with Gasteiger partial charge in [-0.15, -0.1) is 0 Å². The van der Waals surface area contributed by atoms with Gasteiger partial charge in [0.1, 0.15) is 0 Å². The molecule has 0 radical (unpaired) electrons. The van der Waals surface area contributed by atoms with E-state index in [1.807, 2.05) is 24.3 Å². The number of aryl methyl sites for hydroxylation is 1. The van der Waals surface area contributed by atoms with Gasteiger partial charge in [0.25, 0.3) is 5.91 Å². The summed E-state index contributed by atoms with van der Waals surface area (Å²) >= 11 is 0. The number of rotatable bonds is 3. The Kier molecular flexibility index (Phi) is 3.44. The molecule has 0 fully saturated rings. The van der Waals surface area contributed by atoms with Gasteiger partial charge in [-0.25, -0.2) is 0 Å². The van der Waals surface area contributed by atoms with Gasteiger partial charge in [0, 0.05) is 19.7 Å². The van der Waals surface area contributed by atoms with E-state index in [2.05, 4.69) is 23.4 Å². The molecule has 1 aromatic heterocycles. The SMILES string of the molecule is Cc1cc(C(=O)N(C)Cc2cccc3ccccc23)on1. The number of hydrogen-bond donors (Lipinski definition) is 0. The van der Waals surface area contributed by atoms with E-state index in [4.69, 9.17) is 4.52 Å². The standard InChI is InChI=1S/C17H16N2O2/c1-12-10-16(21-18-12)17(20)19(2)11-14-8-5-7-13-6-3-4-9-15(13)14/h3-10H,11H2,1-2H3. The van der Waals surface area contributed by atoms with Crippen LogP contribution in [0.4, 0.5) is 0 Å². The summed E-state index contributed by atoms with van der Waals surface area (Å²) in [4.78, 5) is 13.9. The van der Waals surface area contributed by atoms with Crippen LogP contribution in [0.1, 0.15) is 21.8 Å². The zero-order chi connectivity index (χ0) is 14.8. The van der Waals surface area contributed by atoms with Crippen LogP contribution in [0.3, 0.4) is 0 Å². The number of carbonyl (C=O) groups excluding carboxylic acids is 1. The van der Waals surface area contributed by atoms with Crippen LogP contribution >= 0.6 is 0 Å². The first-order valence-corrected chi connectivity index (χ1v) is 6.80. The van der Waals surface area contributed by atoms with Gasteiger partial charge >= 0.3 is 0 Å². The Morgan fingerprint density at radius 1 is 1.19 bits per heavy atom. The van der Waals surface area contributed by atoms with Crippen molar-refractivity contribution in [2.75, 3.05) is 7.05 Å². The molecule has 3 aromatic rings. The number of benzene rings is 2. The van der Waals surface area contributed by atoms with Crippen molar-refractivity contribution in [3.8, 4) is 0 Å². The summed E-state index contributed by atoms with van der Waals surface area (Å²) in [5.41, 5.74) is 1.82. The Balaban J connectivity index is 1.86. The lowest BCUT2D eigenvalue weighted by Crippen LogP contribution is -2.25. The highest BCUT2D eigenvalue weighted by atomic mass is 16.5. The van der Waals surface area contributed by atoms with Crippen LogP contribution in [0.2, 0.25) is 0 Å². The Labute approximate surface area is 123 Å². The summed E-state index contributed by atoms with van der Waals surface area (Å²) in [7, 11) is 1.77. The number of fused-ring (bicyclic) bond motifs is 1. The van der Waals surface area contributed by atoms with E-state index < -0.39 is 0 Å². The Bertz CT molecular complexity index is 787. The van der Waals surface area contributed by atoms with E-state index in [0.717, 1.165) is 10.9 Å². The molecule has 1 amide bonds. The molecule has 0 aliphatic carbocycles. The minimum atomic E-state index is -0.163. The molecule has 3 rings (SSSR count). The third kappa shape index (κ3) is 2.65. The minimum absolute atomic E-state index is 0.163. The van der Waals surface area contributed by atoms with Crippen molar-refractivity contribution in [3.63, 3.8) is 0 Å². The third-order valence-electron chi connectivity index (χ3n) is 3.47. The maximum atomic E-state index is 12.3. The summed E-state index contributed by atoms with van der Waals surface area (Å²) in [6.45, 7) is 2.32. The Morgan fingerprint density at radius 3 is 2.71 bits per heavy atom. The van der Waals surface area contributed by atoms with E-state index >= 15 is 0 Å². The number of nitrogens with zero attached hydrogens (tertiary/aromatic N) is 2. The lowest BCUT2D eigenvalue weighted by molar-refractivity contribution is 0.0744. The number of carbonyl (C=O) groups is 1. The molecule has 0 N–H and O–H groups in total. The van der Waals surface area contributed by atoms with Gasteiger partial charge in [-0.2, -0.15) is 0 Å². The molecule has 106 valence electrons. The van der Waals surface area contributed by atoms with E-state index in [9.17, 15) is 4.79 Å². The zero-order valence-corrected chi connectivity index (χ0v) is 12.0. The number of amides is 1. The van der Waals surface area contributed by atoms with E-state index in [1.54, 1.807) is 24.9 Å². The normalized spacial score (nSPS) is 10.8. The summed E-state index contributed by atoms with van der Waals surface area (Å²) in [5, 5.41) is 6.09.